The highest BCUT2D eigenvalue weighted by atomic mass is 32.2. The Morgan fingerprint density at radius 3 is 2.45 bits per heavy atom. The Morgan fingerprint density at radius 1 is 1.12 bits per heavy atom. The smallest absolute Gasteiger partial charge is 0.340 e. The average molecular weight is 475 g/mol. The monoisotopic (exact) mass is 474 g/mol. The molecule has 2 aromatic heterocycles. The van der Waals surface area contributed by atoms with Crippen LogP contribution in [-0.2, 0) is 19.4 Å². The summed E-state index contributed by atoms with van der Waals surface area (Å²) in [7, 11) is -3.13. The topological polar surface area (TPSA) is 111 Å². The summed E-state index contributed by atoms with van der Waals surface area (Å²) in [5, 5.41) is 4.37. The minimum absolute atomic E-state index is 0.00460. The summed E-state index contributed by atoms with van der Waals surface area (Å²) in [5.41, 5.74) is 2.03. The lowest BCUT2D eigenvalue weighted by Crippen LogP contribution is -2.50. The third-order valence-corrected chi connectivity index (χ3v) is 8.15. The normalized spacial score (nSPS) is 20.5. The van der Waals surface area contributed by atoms with Crippen molar-refractivity contribution >= 4 is 21.7 Å². The van der Waals surface area contributed by atoms with Gasteiger partial charge in [0.1, 0.15) is 0 Å². The average Bonchev–Trinajstić information content (AvgIpc) is 3.33. The lowest BCUT2D eigenvalue weighted by atomic mass is 9.93. The van der Waals surface area contributed by atoms with Gasteiger partial charge < -0.3 is 9.64 Å². The standard InChI is InChI=1S/C23H30N4O5S/c1-16-12-17(2)27(25-16)21-9-8-18(13-24-21)23(29)32-14-22(28)26(19-6-4-3-5-7-19)20-10-11-33(30,31)15-20/h8-9,12-13,19-20H,3-7,10-11,14-15H2,1-2H3. The van der Waals surface area contributed by atoms with Crippen LogP contribution in [-0.4, -0.2) is 70.2 Å². The van der Waals surface area contributed by atoms with Gasteiger partial charge in [0.25, 0.3) is 5.91 Å². The van der Waals surface area contributed by atoms with Crippen molar-refractivity contribution in [2.45, 2.75) is 64.5 Å². The van der Waals surface area contributed by atoms with Crippen molar-refractivity contribution < 1.29 is 22.7 Å². The highest BCUT2D eigenvalue weighted by molar-refractivity contribution is 7.91. The molecule has 0 radical (unpaired) electrons. The van der Waals surface area contributed by atoms with Crippen LogP contribution < -0.4 is 0 Å². The van der Waals surface area contributed by atoms with Crippen LogP contribution in [0.2, 0.25) is 0 Å². The van der Waals surface area contributed by atoms with E-state index in [0.29, 0.717) is 12.2 Å². The van der Waals surface area contributed by atoms with Crippen molar-refractivity contribution in [2.24, 2.45) is 0 Å². The molecular formula is C23H30N4O5S. The number of carbonyl (C=O) groups excluding carboxylic acids is 2. The van der Waals surface area contributed by atoms with Gasteiger partial charge >= 0.3 is 5.97 Å². The zero-order valence-corrected chi connectivity index (χ0v) is 19.9. The molecule has 0 bridgehead atoms. The molecule has 1 aliphatic heterocycles. The first-order valence-electron chi connectivity index (χ1n) is 11.4. The van der Waals surface area contributed by atoms with Crippen LogP contribution in [0.4, 0.5) is 0 Å². The third kappa shape index (κ3) is 5.43. The first kappa shape index (κ1) is 23.4. The molecule has 178 valence electrons. The van der Waals surface area contributed by atoms with Gasteiger partial charge in [-0.25, -0.2) is 22.9 Å². The molecule has 1 saturated carbocycles. The van der Waals surface area contributed by atoms with Crippen LogP contribution in [0.15, 0.2) is 24.4 Å². The van der Waals surface area contributed by atoms with Crippen LogP contribution in [0.1, 0.15) is 60.3 Å². The number of amides is 1. The van der Waals surface area contributed by atoms with Gasteiger partial charge in [-0.05, 0) is 51.3 Å². The summed E-state index contributed by atoms with van der Waals surface area (Å²) < 4.78 is 31.0. The van der Waals surface area contributed by atoms with E-state index in [-0.39, 0.29) is 35.1 Å². The van der Waals surface area contributed by atoms with Gasteiger partial charge in [0, 0.05) is 24.0 Å². The second kappa shape index (κ2) is 9.62. The number of ether oxygens (including phenoxy) is 1. The van der Waals surface area contributed by atoms with Crippen molar-refractivity contribution in [3.8, 4) is 5.82 Å². The molecule has 0 spiro atoms. The van der Waals surface area contributed by atoms with Gasteiger partial charge in [-0.15, -0.1) is 0 Å². The molecule has 33 heavy (non-hydrogen) atoms. The highest BCUT2D eigenvalue weighted by Gasteiger charge is 2.38. The summed E-state index contributed by atoms with van der Waals surface area (Å²) in [6.45, 7) is 3.40. The quantitative estimate of drug-likeness (QED) is 0.591. The molecule has 0 aromatic carbocycles. The number of sulfone groups is 1. The van der Waals surface area contributed by atoms with E-state index in [0.717, 1.165) is 43.5 Å². The first-order chi connectivity index (χ1) is 15.7. The van der Waals surface area contributed by atoms with E-state index in [4.69, 9.17) is 4.74 Å². The van der Waals surface area contributed by atoms with E-state index in [1.165, 1.54) is 6.20 Å². The molecule has 1 aliphatic carbocycles. The van der Waals surface area contributed by atoms with E-state index >= 15 is 0 Å². The molecule has 1 amide bonds. The molecule has 10 heteroatoms. The van der Waals surface area contributed by atoms with Gasteiger partial charge in [-0.2, -0.15) is 5.10 Å². The molecule has 2 aromatic rings. The molecule has 0 N–H and O–H groups in total. The van der Waals surface area contributed by atoms with E-state index in [9.17, 15) is 18.0 Å². The van der Waals surface area contributed by atoms with Crippen LogP contribution in [0, 0.1) is 13.8 Å². The molecule has 4 rings (SSSR count). The number of pyridine rings is 1. The minimum atomic E-state index is -3.13. The summed E-state index contributed by atoms with van der Waals surface area (Å²) in [5.74, 6) is -0.301. The zero-order chi connectivity index (χ0) is 23.6. The Kier molecular flexibility index (Phi) is 6.83. The largest absolute Gasteiger partial charge is 0.452 e. The van der Waals surface area contributed by atoms with Crippen molar-refractivity contribution in [2.75, 3.05) is 18.1 Å². The number of aromatic nitrogens is 3. The Morgan fingerprint density at radius 2 is 1.88 bits per heavy atom. The zero-order valence-electron chi connectivity index (χ0n) is 19.1. The van der Waals surface area contributed by atoms with E-state index in [2.05, 4.69) is 10.1 Å². The maximum Gasteiger partial charge on any atom is 0.340 e. The number of rotatable bonds is 6. The van der Waals surface area contributed by atoms with Crippen LogP contribution in [0.5, 0.6) is 0 Å². The van der Waals surface area contributed by atoms with Gasteiger partial charge in [0.05, 0.1) is 22.8 Å². The lowest BCUT2D eigenvalue weighted by molar-refractivity contribution is -0.140. The highest BCUT2D eigenvalue weighted by Crippen LogP contribution is 2.28. The fourth-order valence-corrected chi connectivity index (χ4v) is 6.55. The summed E-state index contributed by atoms with van der Waals surface area (Å²) >= 11 is 0. The fourth-order valence-electron chi connectivity index (χ4n) is 4.84. The van der Waals surface area contributed by atoms with Gasteiger partial charge in [0.2, 0.25) is 0 Å². The Labute approximate surface area is 194 Å². The maximum absolute atomic E-state index is 13.1. The second-order valence-electron chi connectivity index (χ2n) is 8.97. The number of hydrogen-bond donors (Lipinski definition) is 0. The molecule has 2 aliphatic rings. The second-order valence-corrected chi connectivity index (χ2v) is 11.2. The molecule has 3 heterocycles. The lowest BCUT2D eigenvalue weighted by Gasteiger charge is -2.38. The molecule has 1 saturated heterocycles. The van der Waals surface area contributed by atoms with Crippen LogP contribution >= 0.6 is 0 Å². The van der Waals surface area contributed by atoms with Gasteiger partial charge in [0.15, 0.2) is 22.3 Å². The first-order valence-corrected chi connectivity index (χ1v) is 13.2. The molecule has 1 atom stereocenters. The van der Waals surface area contributed by atoms with Crippen molar-refractivity contribution in [1.29, 1.82) is 0 Å². The van der Waals surface area contributed by atoms with E-state index in [1.807, 2.05) is 19.9 Å². The van der Waals surface area contributed by atoms with Gasteiger partial charge in [-0.3, -0.25) is 4.79 Å². The Bertz CT molecular complexity index is 1120. The number of esters is 1. The van der Waals surface area contributed by atoms with Crippen LogP contribution in [0.3, 0.4) is 0 Å². The number of hydrogen-bond acceptors (Lipinski definition) is 7. The molecular weight excluding hydrogens is 444 g/mol. The Balaban J connectivity index is 1.41. The minimum Gasteiger partial charge on any atom is -0.452 e. The number of carbonyl (C=O) groups is 2. The van der Waals surface area contributed by atoms with Crippen molar-refractivity contribution in [1.82, 2.24) is 19.7 Å². The number of nitrogens with zero attached hydrogens (tertiary/aromatic N) is 4. The molecule has 9 nitrogen and oxygen atoms in total. The van der Waals surface area contributed by atoms with Gasteiger partial charge in [-0.1, -0.05) is 19.3 Å². The summed E-state index contributed by atoms with van der Waals surface area (Å²) in [6, 6.07) is 4.86. The predicted octanol–water partition coefficient (Wildman–Crippen LogP) is 2.39. The number of aryl methyl sites for hydroxylation is 2. The summed E-state index contributed by atoms with van der Waals surface area (Å²) in [6.07, 6.45) is 6.71. The SMILES string of the molecule is Cc1cc(C)n(-c2ccc(C(=O)OCC(=O)N(C3CCCCC3)C3CCS(=O)(=O)C3)cn2)n1. The Hall–Kier alpha value is -2.75. The van der Waals surface area contributed by atoms with E-state index < -0.39 is 22.4 Å². The maximum atomic E-state index is 13.1. The van der Waals surface area contributed by atoms with E-state index in [1.54, 1.807) is 21.7 Å². The van der Waals surface area contributed by atoms with Crippen LogP contribution in [0.25, 0.3) is 5.82 Å². The molecule has 1 unspecified atom stereocenters. The van der Waals surface area contributed by atoms with Crippen molar-refractivity contribution in [3.63, 3.8) is 0 Å². The third-order valence-electron chi connectivity index (χ3n) is 6.39. The van der Waals surface area contributed by atoms with Crippen molar-refractivity contribution in [3.05, 3.63) is 41.3 Å². The fraction of sp³-hybridized carbons (Fsp3) is 0.565. The molecule has 2 fully saturated rings. The summed E-state index contributed by atoms with van der Waals surface area (Å²) in [4.78, 5) is 31.6. The predicted molar refractivity (Wildman–Crippen MR) is 122 cm³/mol.